The van der Waals surface area contributed by atoms with Crippen molar-refractivity contribution in [3.63, 3.8) is 0 Å². The molecule has 22 heavy (non-hydrogen) atoms. The van der Waals surface area contributed by atoms with Gasteiger partial charge in [-0.3, -0.25) is 4.79 Å². The third-order valence-electron chi connectivity index (χ3n) is 3.17. The van der Waals surface area contributed by atoms with Gasteiger partial charge in [0.05, 0.1) is 6.42 Å². The molecule has 0 aliphatic carbocycles. The fraction of sp³-hybridized carbons (Fsp3) is 0.188. The zero-order chi connectivity index (χ0) is 15.4. The summed E-state index contributed by atoms with van der Waals surface area (Å²) in [5.74, 6) is 0.262. The third kappa shape index (κ3) is 3.22. The van der Waals surface area contributed by atoms with E-state index in [4.69, 9.17) is 9.84 Å². The molecule has 6 nitrogen and oxygen atoms in total. The molecule has 0 atom stereocenters. The molecule has 1 aromatic carbocycles. The highest BCUT2D eigenvalue weighted by molar-refractivity contribution is 5.67. The fourth-order valence-electron chi connectivity index (χ4n) is 2.10. The maximum atomic E-state index is 10.6. The van der Waals surface area contributed by atoms with Crippen LogP contribution in [0.3, 0.4) is 0 Å². The lowest BCUT2D eigenvalue weighted by Crippen LogP contribution is -1.99. The number of aromatic nitrogens is 3. The molecule has 0 spiro atoms. The zero-order valence-corrected chi connectivity index (χ0v) is 11.8. The average molecular weight is 297 g/mol. The number of aryl methyl sites for hydroxylation is 1. The molecule has 0 aliphatic rings. The summed E-state index contributed by atoms with van der Waals surface area (Å²) >= 11 is 0. The molecule has 6 heteroatoms. The van der Waals surface area contributed by atoms with Gasteiger partial charge >= 0.3 is 5.97 Å². The van der Waals surface area contributed by atoms with Gasteiger partial charge in [-0.25, -0.2) is 9.50 Å². The Hall–Kier alpha value is -2.89. The number of carboxylic acid groups (broad SMARTS) is 1. The Kier molecular flexibility index (Phi) is 4.00. The molecule has 2 aromatic heterocycles. The normalized spacial score (nSPS) is 10.7. The quantitative estimate of drug-likeness (QED) is 0.755. The number of carboxylic acids is 1. The van der Waals surface area contributed by atoms with E-state index in [9.17, 15) is 4.79 Å². The van der Waals surface area contributed by atoms with E-state index in [1.807, 2.05) is 42.5 Å². The Labute approximate surface area is 127 Å². The number of fused-ring (bicyclic) bond motifs is 1. The van der Waals surface area contributed by atoms with E-state index in [1.54, 1.807) is 10.7 Å². The van der Waals surface area contributed by atoms with E-state index in [-0.39, 0.29) is 6.42 Å². The fourth-order valence-corrected chi connectivity index (χ4v) is 2.10. The molecule has 1 N–H and O–H groups in total. The van der Waals surface area contributed by atoms with Gasteiger partial charge < -0.3 is 9.84 Å². The number of nitrogens with zero attached hydrogens (tertiary/aromatic N) is 3. The van der Waals surface area contributed by atoms with Crippen LogP contribution in [0.2, 0.25) is 0 Å². The molecule has 0 amide bonds. The first-order valence-electron chi connectivity index (χ1n) is 6.95. The molecule has 2 heterocycles. The summed E-state index contributed by atoms with van der Waals surface area (Å²) in [7, 11) is 0. The number of ether oxygens (including phenoxy) is 1. The van der Waals surface area contributed by atoms with E-state index < -0.39 is 5.97 Å². The molecule has 0 radical (unpaired) electrons. The van der Waals surface area contributed by atoms with Crippen molar-refractivity contribution in [3.05, 3.63) is 60.0 Å². The SMILES string of the molecule is O=C(O)CCc1nc2c(OCc3ccccc3)cccn2n1. The lowest BCUT2D eigenvalue weighted by atomic mass is 10.2. The van der Waals surface area contributed by atoms with E-state index in [0.29, 0.717) is 30.2 Å². The lowest BCUT2D eigenvalue weighted by Gasteiger charge is -2.06. The highest BCUT2D eigenvalue weighted by atomic mass is 16.5. The average Bonchev–Trinajstić information content (AvgIpc) is 2.95. The Morgan fingerprint density at radius 1 is 1.18 bits per heavy atom. The number of carbonyl (C=O) groups is 1. The van der Waals surface area contributed by atoms with Gasteiger partial charge in [0.2, 0.25) is 0 Å². The minimum absolute atomic E-state index is 0.0110. The van der Waals surface area contributed by atoms with Crippen LogP contribution in [-0.4, -0.2) is 25.7 Å². The molecular weight excluding hydrogens is 282 g/mol. The smallest absolute Gasteiger partial charge is 0.303 e. The summed E-state index contributed by atoms with van der Waals surface area (Å²) in [5.41, 5.74) is 1.66. The van der Waals surface area contributed by atoms with Crippen LogP contribution in [0.15, 0.2) is 48.7 Å². The van der Waals surface area contributed by atoms with Gasteiger partial charge in [0.1, 0.15) is 6.61 Å². The van der Waals surface area contributed by atoms with E-state index in [1.165, 1.54) is 0 Å². The molecular formula is C16H15N3O3. The zero-order valence-electron chi connectivity index (χ0n) is 11.8. The second-order valence-corrected chi connectivity index (χ2v) is 4.84. The van der Waals surface area contributed by atoms with Gasteiger partial charge in [0, 0.05) is 12.6 Å². The van der Waals surface area contributed by atoms with Gasteiger partial charge in [0.25, 0.3) is 0 Å². The van der Waals surface area contributed by atoms with Crippen LogP contribution in [0.5, 0.6) is 5.75 Å². The van der Waals surface area contributed by atoms with Crippen molar-refractivity contribution in [1.29, 1.82) is 0 Å². The van der Waals surface area contributed by atoms with Crippen LogP contribution < -0.4 is 4.74 Å². The van der Waals surface area contributed by atoms with Gasteiger partial charge in [-0.2, -0.15) is 5.10 Å². The third-order valence-corrected chi connectivity index (χ3v) is 3.17. The van der Waals surface area contributed by atoms with Crippen molar-refractivity contribution in [1.82, 2.24) is 14.6 Å². The summed E-state index contributed by atoms with van der Waals surface area (Å²) in [6, 6.07) is 13.5. The summed E-state index contributed by atoms with van der Waals surface area (Å²) < 4.78 is 7.41. The summed E-state index contributed by atoms with van der Waals surface area (Å²) in [6.07, 6.45) is 2.08. The highest BCUT2D eigenvalue weighted by Gasteiger charge is 2.10. The van der Waals surface area contributed by atoms with Gasteiger partial charge in [-0.1, -0.05) is 30.3 Å². The first kappa shape index (κ1) is 14.1. The van der Waals surface area contributed by atoms with Gasteiger partial charge in [-0.15, -0.1) is 0 Å². The predicted molar refractivity (Wildman–Crippen MR) is 79.7 cm³/mol. The van der Waals surface area contributed by atoms with E-state index in [2.05, 4.69) is 10.1 Å². The Bertz CT molecular complexity index is 784. The molecule has 0 fully saturated rings. The Balaban J connectivity index is 1.79. The number of benzene rings is 1. The van der Waals surface area contributed by atoms with Crippen molar-refractivity contribution in [2.45, 2.75) is 19.4 Å². The standard InChI is InChI=1S/C16H15N3O3/c20-15(21)9-8-14-17-16-13(7-4-10-19(16)18-14)22-11-12-5-2-1-3-6-12/h1-7,10H,8-9,11H2,(H,20,21). The monoisotopic (exact) mass is 297 g/mol. The second-order valence-electron chi connectivity index (χ2n) is 4.84. The van der Waals surface area contributed by atoms with Crippen LogP contribution >= 0.6 is 0 Å². The summed E-state index contributed by atoms with van der Waals surface area (Å²) in [4.78, 5) is 15.0. The Morgan fingerprint density at radius 3 is 2.77 bits per heavy atom. The molecule has 0 saturated carbocycles. The number of rotatable bonds is 6. The first-order valence-corrected chi connectivity index (χ1v) is 6.95. The molecule has 3 rings (SSSR count). The van der Waals surface area contributed by atoms with Gasteiger partial charge in [-0.05, 0) is 17.7 Å². The van der Waals surface area contributed by atoms with Crippen molar-refractivity contribution in [2.75, 3.05) is 0 Å². The van der Waals surface area contributed by atoms with Crippen LogP contribution in [0, 0.1) is 0 Å². The maximum absolute atomic E-state index is 10.6. The minimum Gasteiger partial charge on any atom is -0.485 e. The summed E-state index contributed by atoms with van der Waals surface area (Å²) in [5, 5.41) is 13.0. The van der Waals surface area contributed by atoms with Crippen LogP contribution in [0.4, 0.5) is 0 Å². The maximum Gasteiger partial charge on any atom is 0.303 e. The number of aliphatic carboxylic acids is 1. The molecule has 112 valence electrons. The molecule has 0 aliphatic heterocycles. The van der Waals surface area contributed by atoms with Crippen molar-refractivity contribution in [2.24, 2.45) is 0 Å². The molecule has 0 bridgehead atoms. The first-order chi connectivity index (χ1) is 10.7. The second kappa shape index (κ2) is 6.26. The largest absolute Gasteiger partial charge is 0.485 e. The molecule has 0 unspecified atom stereocenters. The molecule has 3 aromatic rings. The highest BCUT2D eigenvalue weighted by Crippen LogP contribution is 2.19. The predicted octanol–water partition coefficient (Wildman–Crippen LogP) is 2.33. The number of pyridine rings is 1. The van der Waals surface area contributed by atoms with Crippen LogP contribution in [0.1, 0.15) is 17.8 Å². The van der Waals surface area contributed by atoms with Crippen molar-refractivity contribution >= 4 is 11.6 Å². The van der Waals surface area contributed by atoms with Gasteiger partial charge in [0.15, 0.2) is 17.2 Å². The number of hydrogen-bond acceptors (Lipinski definition) is 4. The lowest BCUT2D eigenvalue weighted by molar-refractivity contribution is -0.137. The summed E-state index contributed by atoms with van der Waals surface area (Å²) in [6.45, 7) is 0.442. The van der Waals surface area contributed by atoms with Crippen LogP contribution in [0.25, 0.3) is 5.65 Å². The van der Waals surface area contributed by atoms with Crippen molar-refractivity contribution in [3.8, 4) is 5.75 Å². The minimum atomic E-state index is -0.862. The van der Waals surface area contributed by atoms with E-state index in [0.717, 1.165) is 5.56 Å². The van der Waals surface area contributed by atoms with E-state index >= 15 is 0 Å². The topological polar surface area (TPSA) is 76.7 Å². The number of hydrogen-bond donors (Lipinski definition) is 1. The molecule has 0 saturated heterocycles. The van der Waals surface area contributed by atoms with Crippen molar-refractivity contribution < 1.29 is 14.6 Å². The Morgan fingerprint density at radius 2 is 2.00 bits per heavy atom. The van der Waals surface area contributed by atoms with Crippen LogP contribution in [-0.2, 0) is 17.8 Å².